The normalized spacial score (nSPS) is 19.3. The summed E-state index contributed by atoms with van der Waals surface area (Å²) in [7, 11) is 3.20. The van der Waals surface area contributed by atoms with Gasteiger partial charge >= 0.3 is 0 Å². The molecule has 10 nitrogen and oxygen atoms in total. The van der Waals surface area contributed by atoms with Crippen molar-refractivity contribution in [2.24, 2.45) is 10.9 Å². The molecule has 1 saturated heterocycles. The largest absolute Gasteiger partial charge is 0.493 e. The van der Waals surface area contributed by atoms with Crippen LogP contribution in [-0.2, 0) is 4.79 Å². The fourth-order valence-electron chi connectivity index (χ4n) is 4.40. The van der Waals surface area contributed by atoms with Gasteiger partial charge < -0.3 is 25.0 Å². The fraction of sp³-hybridized carbons (Fsp3) is 0.346. The molecule has 2 atom stereocenters. The first-order valence-corrected chi connectivity index (χ1v) is 12.9. The van der Waals surface area contributed by atoms with Gasteiger partial charge in [0, 0.05) is 54.8 Å². The lowest BCUT2D eigenvalue weighted by molar-refractivity contribution is -0.118. The smallest absolute Gasteiger partial charge is 0.249 e. The number of thiazole rings is 1. The third kappa shape index (κ3) is 5.12. The molecule has 0 aliphatic carbocycles. The summed E-state index contributed by atoms with van der Waals surface area (Å²) in [6, 6.07) is 5.57. The number of nitrogens with zero attached hydrogens (tertiary/aromatic N) is 5. The van der Waals surface area contributed by atoms with E-state index in [1.807, 2.05) is 38.1 Å². The molecule has 3 aromatic rings. The van der Waals surface area contributed by atoms with Crippen molar-refractivity contribution in [3.8, 4) is 11.5 Å². The number of rotatable bonds is 7. The molecule has 1 aromatic carbocycles. The minimum absolute atomic E-state index is 0.0138. The van der Waals surface area contributed by atoms with Crippen molar-refractivity contribution in [3.05, 3.63) is 47.1 Å². The third-order valence-corrected chi connectivity index (χ3v) is 7.41. The molecule has 1 amide bonds. The van der Waals surface area contributed by atoms with Crippen LogP contribution in [0.5, 0.6) is 11.5 Å². The molecular weight excluding hydrogens is 490 g/mol. The molecule has 37 heavy (non-hydrogen) atoms. The van der Waals surface area contributed by atoms with Gasteiger partial charge in [0.05, 0.1) is 19.7 Å². The minimum atomic E-state index is -0.0826. The highest BCUT2D eigenvalue weighted by atomic mass is 32.1. The van der Waals surface area contributed by atoms with Crippen LogP contribution in [0.2, 0.25) is 0 Å². The number of carbonyl (C=O) groups is 1. The molecule has 2 aliphatic rings. The molecule has 2 unspecified atom stereocenters. The number of carbonyl (C=O) groups excluding carboxylic acids is 1. The molecule has 5 rings (SSSR count). The van der Waals surface area contributed by atoms with Gasteiger partial charge in [0.25, 0.3) is 0 Å². The van der Waals surface area contributed by atoms with Crippen molar-refractivity contribution >= 4 is 51.3 Å². The predicted molar refractivity (Wildman–Crippen MR) is 146 cm³/mol. The summed E-state index contributed by atoms with van der Waals surface area (Å²) < 4.78 is 10.8. The van der Waals surface area contributed by atoms with Gasteiger partial charge in [-0.05, 0) is 31.6 Å². The number of benzene rings is 1. The van der Waals surface area contributed by atoms with Gasteiger partial charge in [-0.3, -0.25) is 9.79 Å². The number of anilines is 3. The van der Waals surface area contributed by atoms with Gasteiger partial charge in [-0.1, -0.05) is 12.5 Å². The summed E-state index contributed by atoms with van der Waals surface area (Å²) in [6.07, 6.45) is 6.13. The molecule has 1 fully saturated rings. The van der Waals surface area contributed by atoms with Crippen molar-refractivity contribution in [1.29, 1.82) is 0 Å². The number of aliphatic imine (C=N–C) groups is 1. The lowest BCUT2D eigenvalue weighted by Gasteiger charge is -2.20. The summed E-state index contributed by atoms with van der Waals surface area (Å²) in [6.45, 7) is 5.39. The second kappa shape index (κ2) is 10.6. The summed E-state index contributed by atoms with van der Waals surface area (Å²) in [5.41, 5.74) is 5.03. The van der Waals surface area contributed by atoms with Crippen molar-refractivity contribution in [3.63, 3.8) is 0 Å². The average molecular weight is 520 g/mol. The maximum atomic E-state index is 13.0. The molecule has 4 heterocycles. The van der Waals surface area contributed by atoms with Gasteiger partial charge in [0.2, 0.25) is 11.9 Å². The van der Waals surface area contributed by atoms with Gasteiger partial charge in [0.15, 0.2) is 22.1 Å². The van der Waals surface area contributed by atoms with Crippen LogP contribution in [0.1, 0.15) is 20.3 Å². The van der Waals surface area contributed by atoms with E-state index in [4.69, 9.17) is 19.4 Å². The SMILES string of the molecule is COc1ccc(Nc2nc(N3CCC(NC(=O)C4=CN=CC=C(C)C4C)C3)nc3scnc23)cc1OC. The van der Waals surface area contributed by atoms with Gasteiger partial charge in [-0.15, -0.1) is 11.3 Å². The number of hydrogen-bond acceptors (Lipinski definition) is 10. The Morgan fingerprint density at radius 2 is 2.03 bits per heavy atom. The topological polar surface area (TPSA) is 114 Å². The zero-order chi connectivity index (χ0) is 25.9. The Kier molecular flexibility index (Phi) is 7.04. The van der Waals surface area contributed by atoms with E-state index >= 15 is 0 Å². The van der Waals surface area contributed by atoms with Crippen LogP contribution in [0.25, 0.3) is 10.3 Å². The second-order valence-corrected chi connectivity index (χ2v) is 9.83. The number of nitrogens with one attached hydrogen (secondary N) is 2. The van der Waals surface area contributed by atoms with E-state index in [-0.39, 0.29) is 17.9 Å². The fourth-order valence-corrected chi connectivity index (χ4v) is 5.05. The Labute approximate surface area is 219 Å². The Hall–Kier alpha value is -3.99. The van der Waals surface area contributed by atoms with Crippen molar-refractivity contribution in [1.82, 2.24) is 20.3 Å². The van der Waals surface area contributed by atoms with Crippen molar-refractivity contribution < 1.29 is 14.3 Å². The quantitative estimate of drug-likeness (QED) is 0.480. The first-order valence-electron chi connectivity index (χ1n) is 12.0. The lowest BCUT2D eigenvalue weighted by atomic mass is 9.93. The van der Waals surface area contributed by atoms with Crippen LogP contribution in [0, 0.1) is 5.92 Å². The number of hydrogen-bond donors (Lipinski definition) is 2. The molecule has 192 valence electrons. The molecule has 0 saturated carbocycles. The predicted octanol–water partition coefficient (Wildman–Crippen LogP) is 4.09. The maximum absolute atomic E-state index is 13.0. The number of allylic oxidation sites excluding steroid dienone is 2. The van der Waals surface area contributed by atoms with E-state index in [0.29, 0.717) is 40.9 Å². The summed E-state index contributed by atoms with van der Waals surface area (Å²) in [5, 5.41) is 6.54. The van der Waals surface area contributed by atoms with Crippen molar-refractivity contribution in [2.45, 2.75) is 26.3 Å². The zero-order valence-electron chi connectivity index (χ0n) is 21.2. The number of fused-ring (bicyclic) bond motifs is 1. The summed E-state index contributed by atoms with van der Waals surface area (Å²) in [5.74, 6) is 2.40. The first-order chi connectivity index (χ1) is 18.0. The van der Waals surface area contributed by atoms with E-state index in [1.54, 1.807) is 32.1 Å². The van der Waals surface area contributed by atoms with Crippen LogP contribution >= 0.6 is 11.3 Å². The second-order valence-electron chi connectivity index (χ2n) is 8.99. The maximum Gasteiger partial charge on any atom is 0.249 e. The molecule has 2 N–H and O–H groups in total. The van der Waals surface area contributed by atoms with Gasteiger partial charge in [-0.25, -0.2) is 4.98 Å². The number of amides is 1. The average Bonchev–Trinajstić information content (AvgIpc) is 3.54. The minimum Gasteiger partial charge on any atom is -0.493 e. The molecular formula is C26H29N7O3S. The Bertz CT molecular complexity index is 1410. The van der Waals surface area contributed by atoms with E-state index in [2.05, 4.69) is 25.5 Å². The van der Waals surface area contributed by atoms with E-state index < -0.39 is 0 Å². The third-order valence-electron chi connectivity index (χ3n) is 6.69. The van der Waals surface area contributed by atoms with Crippen molar-refractivity contribution in [2.75, 3.05) is 37.5 Å². The Morgan fingerprint density at radius 1 is 1.19 bits per heavy atom. The molecule has 0 radical (unpaired) electrons. The van der Waals surface area contributed by atoms with Crippen LogP contribution in [0.4, 0.5) is 17.5 Å². The molecule has 2 aliphatic heterocycles. The lowest BCUT2D eigenvalue weighted by Crippen LogP contribution is -2.39. The zero-order valence-corrected chi connectivity index (χ0v) is 22.0. The molecule has 2 aromatic heterocycles. The number of aromatic nitrogens is 3. The van der Waals surface area contributed by atoms with E-state index in [9.17, 15) is 4.79 Å². The van der Waals surface area contributed by atoms with Crippen LogP contribution in [0.3, 0.4) is 0 Å². The van der Waals surface area contributed by atoms with E-state index in [0.717, 1.165) is 29.1 Å². The summed E-state index contributed by atoms with van der Waals surface area (Å²) in [4.78, 5) is 34.2. The monoisotopic (exact) mass is 519 g/mol. The molecule has 11 heteroatoms. The first kappa shape index (κ1) is 24.7. The highest BCUT2D eigenvalue weighted by Gasteiger charge is 2.29. The Balaban J connectivity index is 1.33. The Morgan fingerprint density at radius 3 is 2.84 bits per heavy atom. The summed E-state index contributed by atoms with van der Waals surface area (Å²) >= 11 is 1.46. The van der Waals surface area contributed by atoms with Crippen LogP contribution in [0.15, 0.2) is 52.1 Å². The standard InChI is InChI=1S/C26H29N7O3S/c1-15-7-9-27-12-19(16(15)2)24(34)30-18-8-10-33(13-18)26-31-23(22-25(32-26)37-14-28-22)29-17-5-6-20(35-3)21(11-17)36-4/h5-7,9,11-12,14,16,18H,8,10,13H2,1-4H3,(H,30,34)(H,29,31,32). The highest BCUT2D eigenvalue weighted by molar-refractivity contribution is 7.16. The van der Waals surface area contributed by atoms with E-state index in [1.165, 1.54) is 11.3 Å². The van der Waals surface area contributed by atoms with Gasteiger partial charge in [-0.2, -0.15) is 9.97 Å². The van der Waals surface area contributed by atoms with Crippen LogP contribution in [-0.4, -0.2) is 60.4 Å². The molecule has 0 spiro atoms. The number of ether oxygens (including phenoxy) is 2. The van der Waals surface area contributed by atoms with Gasteiger partial charge in [0.1, 0.15) is 5.52 Å². The van der Waals surface area contributed by atoms with Crippen LogP contribution < -0.4 is 25.0 Å². The highest BCUT2D eigenvalue weighted by Crippen LogP contribution is 2.33. The number of methoxy groups -OCH3 is 2. The molecule has 0 bridgehead atoms.